The minimum Gasteiger partial charge on any atom is -0.491 e. The number of hydrogen-bond acceptors (Lipinski definition) is 14. The van der Waals surface area contributed by atoms with Gasteiger partial charge in [-0.15, -0.1) is 0 Å². The van der Waals surface area contributed by atoms with Gasteiger partial charge in [0.05, 0.1) is 136 Å². The van der Waals surface area contributed by atoms with Crippen molar-refractivity contribution < 1.29 is 74.9 Å². The van der Waals surface area contributed by atoms with Crippen LogP contribution >= 0.6 is 0 Å². The summed E-state index contributed by atoms with van der Waals surface area (Å²) in [5.74, 6) is 0.0546. The molecule has 14 nitrogen and oxygen atoms in total. The fourth-order valence-electron chi connectivity index (χ4n) is 4.69. The van der Waals surface area contributed by atoms with E-state index in [9.17, 15) is 22.8 Å². The Bertz CT molecular complexity index is 1520. The van der Waals surface area contributed by atoms with Crippen LogP contribution in [0.15, 0.2) is 72.8 Å². The SMILES string of the molecule is O=Cc1ccc(OCCOCCOCCOCCOCCOCCOCCOCCOCCOCCOC(=O)c2ccccc2Nc2cccc(C(F)(F)F)c2)cc1. The number of ether oxygens (including phenoxy) is 11. The van der Waals surface area contributed by atoms with Crippen molar-refractivity contribution in [3.8, 4) is 5.75 Å². The van der Waals surface area contributed by atoms with E-state index in [1.807, 2.05) is 0 Å². The first-order valence-electron chi connectivity index (χ1n) is 18.9. The van der Waals surface area contributed by atoms with Crippen molar-refractivity contribution in [2.45, 2.75) is 6.18 Å². The van der Waals surface area contributed by atoms with Crippen molar-refractivity contribution in [1.29, 1.82) is 0 Å². The van der Waals surface area contributed by atoms with Gasteiger partial charge >= 0.3 is 12.1 Å². The fourth-order valence-corrected chi connectivity index (χ4v) is 4.69. The smallest absolute Gasteiger partial charge is 0.416 e. The van der Waals surface area contributed by atoms with Crippen LogP contribution in [0, 0.1) is 0 Å². The lowest BCUT2D eigenvalue weighted by atomic mass is 10.1. The summed E-state index contributed by atoms with van der Waals surface area (Å²) < 4.78 is 99.2. The average Bonchev–Trinajstić information content (AvgIpc) is 3.23. The molecule has 0 aliphatic heterocycles. The number of anilines is 2. The van der Waals surface area contributed by atoms with Gasteiger partial charge in [0.2, 0.25) is 0 Å². The first-order chi connectivity index (χ1) is 28.4. The Kier molecular flexibility index (Phi) is 25.6. The second-order valence-corrected chi connectivity index (χ2v) is 11.9. The van der Waals surface area contributed by atoms with E-state index in [1.54, 1.807) is 42.5 Å². The molecule has 0 aromatic heterocycles. The molecule has 0 amide bonds. The molecule has 3 rings (SSSR count). The lowest BCUT2D eigenvalue weighted by molar-refractivity contribution is -0.137. The van der Waals surface area contributed by atoms with Crippen molar-refractivity contribution in [2.75, 3.05) is 137 Å². The first-order valence-corrected chi connectivity index (χ1v) is 18.9. The maximum atomic E-state index is 13.1. The summed E-state index contributed by atoms with van der Waals surface area (Å²) in [5, 5.41) is 2.86. The normalized spacial score (nSPS) is 11.4. The van der Waals surface area contributed by atoms with E-state index in [-0.39, 0.29) is 24.5 Å². The van der Waals surface area contributed by atoms with E-state index in [1.165, 1.54) is 18.2 Å². The number of halogens is 3. The lowest BCUT2D eigenvalue weighted by Gasteiger charge is -2.13. The number of esters is 1. The van der Waals surface area contributed by atoms with Gasteiger partial charge in [-0.25, -0.2) is 4.79 Å². The Hall–Kier alpha value is -4.17. The van der Waals surface area contributed by atoms with Gasteiger partial charge in [-0.3, -0.25) is 4.79 Å². The molecule has 3 aromatic rings. The number of rotatable bonds is 35. The third-order valence-corrected chi connectivity index (χ3v) is 7.57. The third-order valence-electron chi connectivity index (χ3n) is 7.57. The maximum absolute atomic E-state index is 13.1. The number of alkyl halides is 3. The average molecular weight is 826 g/mol. The Balaban J connectivity index is 0.992. The highest BCUT2D eigenvalue weighted by Crippen LogP contribution is 2.32. The minimum atomic E-state index is -4.48. The number of aldehydes is 1. The van der Waals surface area contributed by atoms with Crippen molar-refractivity contribution in [3.63, 3.8) is 0 Å². The minimum absolute atomic E-state index is 0.00728. The van der Waals surface area contributed by atoms with Gasteiger partial charge in [0.25, 0.3) is 0 Å². The zero-order valence-corrected chi connectivity index (χ0v) is 32.6. The van der Waals surface area contributed by atoms with Crippen LogP contribution in [0.1, 0.15) is 26.3 Å². The molecule has 0 aliphatic carbocycles. The molecule has 0 unspecified atom stereocenters. The molecule has 0 fully saturated rings. The van der Waals surface area contributed by atoms with Crippen LogP contribution in [0.5, 0.6) is 5.75 Å². The molecule has 0 saturated heterocycles. The molecule has 58 heavy (non-hydrogen) atoms. The first kappa shape index (κ1) is 48.2. The molecule has 322 valence electrons. The van der Waals surface area contributed by atoms with Gasteiger partial charge < -0.3 is 57.4 Å². The van der Waals surface area contributed by atoms with Crippen molar-refractivity contribution in [2.24, 2.45) is 0 Å². The van der Waals surface area contributed by atoms with E-state index in [0.29, 0.717) is 136 Å². The number of carbonyl (C=O) groups excluding carboxylic acids is 2. The molecule has 0 atom stereocenters. The Morgan fingerprint density at radius 3 is 1.40 bits per heavy atom. The van der Waals surface area contributed by atoms with Gasteiger partial charge in [0.15, 0.2) is 0 Å². The Morgan fingerprint density at radius 2 is 0.948 bits per heavy atom. The molecule has 0 saturated carbocycles. The van der Waals surface area contributed by atoms with Crippen LogP contribution < -0.4 is 10.1 Å². The number of para-hydroxylation sites is 1. The summed E-state index contributed by atoms with van der Waals surface area (Å²) >= 11 is 0. The van der Waals surface area contributed by atoms with Gasteiger partial charge in [0.1, 0.15) is 25.2 Å². The van der Waals surface area contributed by atoms with E-state index in [0.717, 1.165) is 18.4 Å². The van der Waals surface area contributed by atoms with Crippen molar-refractivity contribution in [3.05, 3.63) is 89.5 Å². The van der Waals surface area contributed by atoms with Gasteiger partial charge in [-0.1, -0.05) is 18.2 Å². The monoisotopic (exact) mass is 825 g/mol. The summed E-state index contributed by atoms with van der Waals surface area (Å²) in [6.45, 7) is 7.80. The Morgan fingerprint density at radius 1 is 0.517 bits per heavy atom. The van der Waals surface area contributed by atoms with E-state index >= 15 is 0 Å². The second-order valence-electron chi connectivity index (χ2n) is 11.9. The summed E-state index contributed by atoms with van der Waals surface area (Å²) in [6, 6.07) is 18.0. The fraction of sp³-hybridized carbons (Fsp3) is 0.512. The molecule has 0 spiro atoms. The molecular formula is C41H54F3NO13. The van der Waals surface area contributed by atoms with Crippen LogP contribution in [0.25, 0.3) is 0 Å². The van der Waals surface area contributed by atoms with E-state index < -0.39 is 17.7 Å². The Labute approximate surface area is 337 Å². The van der Waals surface area contributed by atoms with Crippen LogP contribution in [0.4, 0.5) is 24.5 Å². The van der Waals surface area contributed by atoms with Crippen LogP contribution in [0.2, 0.25) is 0 Å². The molecule has 0 bridgehead atoms. The van der Waals surface area contributed by atoms with E-state index in [2.05, 4.69) is 5.32 Å². The largest absolute Gasteiger partial charge is 0.491 e. The topological polar surface area (TPSA) is 148 Å². The van der Waals surface area contributed by atoms with Gasteiger partial charge in [-0.2, -0.15) is 13.2 Å². The van der Waals surface area contributed by atoms with Gasteiger partial charge in [0, 0.05) is 11.3 Å². The second kappa shape index (κ2) is 30.8. The zero-order valence-electron chi connectivity index (χ0n) is 32.6. The molecule has 0 radical (unpaired) electrons. The molecule has 0 aliphatic rings. The summed E-state index contributed by atoms with van der Waals surface area (Å²) in [7, 11) is 0. The lowest BCUT2D eigenvalue weighted by Crippen LogP contribution is -2.16. The molecule has 17 heteroatoms. The van der Waals surface area contributed by atoms with Crippen LogP contribution in [-0.4, -0.2) is 144 Å². The van der Waals surface area contributed by atoms with Crippen LogP contribution in [0.3, 0.4) is 0 Å². The highest BCUT2D eigenvalue weighted by atomic mass is 19.4. The summed E-state index contributed by atoms with van der Waals surface area (Å²) in [6.07, 6.45) is -3.69. The highest BCUT2D eigenvalue weighted by molar-refractivity contribution is 5.96. The third kappa shape index (κ3) is 22.7. The number of hydrogen-bond donors (Lipinski definition) is 1. The van der Waals surface area contributed by atoms with Crippen molar-refractivity contribution >= 4 is 23.6 Å². The predicted molar refractivity (Wildman–Crippen MR) is 206 cm³/mol. The number of carbonyl (C=O) groups is 2. The van der Waals surface area contributed by atoms with Crippen molar-refractivity contribution in [1.82, 2.24) is 0 Å². The summed E-state index contributed by atoms with van der Waals surface area (Å²) in [5.41, 5.74) is 0.498. The van der Waals surface area contributed by atoms with Gasteiger partial charge in [-0.05, 0) is 54.6 Å². The zero-order chi connectivity index (χ0) is 41.4. The van der Waals surface area contributed by atoms with Crippen LogP contribution in [-0.2, 0) is 53.5 Å². The quantitative estimate of drug-likeness (QED) is 0.0443. The molecular weight excluding hydrogens is 771 g/mol. The predicted octanol–water partition coefficient (Wildman–Crippen LogP) is 5.65. The number of nitrogens with one attached hydrogen (secondary N) is 1. The van der Waals surface area contributed by atoms with E-state index in [4.69, 9.17) is 52.1 Å². The molecule has 3 aromatic carbocycles. The number of benzene rings is 3. The maximum Gasteiger partial charge on any atom is 0.416 e. The molecule has 0 heterocycles. The highest BCUT2D eigenvalue weighted by Gasteiger charge is 2.30. The summed E-state index contributed by atoms with van der Waals surface area (Å²) in [4.78, 5) is 23.3. The standard InChI is InChI=1S/C41H54F3NO13/c42-41(43,44)35-4-3-5-36(32-35)45-39-7-2-1-6-38(39)40(47)58-31-29-56-27-25-54-23-21-52-19-17-50-15-13-48-12-14-49-16-18-51-20-22-53-24-26-55-28-30-57-37-10-8-34(33-46)9-11-37/h1-11,32-33,45H,12-31H2. The molecule has 1 N–H and O–H groups in total.